The van der Waals surface area contributed by atoms with Crippen LogP contribution in [0.1, 0.15) is 27.2 Å². The van der Waals surface area contributed by atoms with Gasteiger partial charge < -0.3 is 25.3 Å². The zero-order valence-electron chi connectivity index (χ0n) is 11.3. The van der Waals surface area contributed by atoms with E-state index in [1.54, 1.807) is 20.8 Å². The van der Waals surface area contributed by atoms with Crippen molar-refractivity contribution in [2.75, 3.05) is 20.8 Å². The Bertz CT molecular complexity index is 224. The van der Waals surface area contributed by atoms with Crippen molar-refractivity contribution in [3.05, 3.63) is 0 Å². The Labute approximate surface area is 103 Å². The summed E-state index contributed by atoms with van der Waals surface area (Å²) in [5, 5.41) is 2.68. The highest BCUT2D eigenvalue weighted by Crippen LogP contribution is 2.08. The molecule has 0 aromatic carbocycles. The Morgan fingerprint density at radius 1 is 1.29 bits per heavy atom. The van der Waals surface area contributed by atoms with Gasteiger partial charge in [-0.15, -0.1) is 0 Å². The number of methoxy groups -OCH3 is 2. The van der Waals surface area contributed by atoms with E-state index in [0.717, 1.165) is 0 Å². The molecule has 6 heteroatoms. The monoisotopic (exact) mass is 248 g/mol. The van der Waals surface area contributed by atoms with E-state index in [0.29, 0.717) is 13.0 Å². The van der Waals surface area contributed by atoms with Crippen molar-refractivity contribution in [3.63, 3.8) is 0 Å². The zero-order chi connectivity index (χ0) is 13.5. The lowest BCUT2D eigenvalue weighted by molar-refractivity contribution is -0.110. The van der Waals surface area contributed by atoms with Gasteiger partial charge in [0, 0.05) is 33.2 Å². The number of hydrogen-bond acceptors (Lipinski definition) is 5. The van der Waals surface area contributed by atoms with Crippen LogP contribution in [0.2, 0.25) is 0 Å². The van der Waals surface area contributed by atoms with Gasteiger partial charge in [-0.1, -0.05) is 0 Å². The second-order valence-corrected chi connectivity index (χ2v) is 4.72. The van der Waals surface area contributed by atoms with Crippen LogP contribution in [0.3, 0.4) is 0 Å². The lowest BCUT2D eigenvalue weighted by Gasteiger charge is -2.24. The predicted octanol–water partition coefficient (Wildman–Crippen LogP) is 0.847. The van der Waals surface area contributed by atoms with E-state index in [2.05, 4.69) is 5.32 Å². The van der Waals surface area contributed by atoms with Crippen molar-refractivity contribution in [1.29, 1.82) is 0 Å². The number of ether oxygens (including phenoxy) is 3. The van der Waals surface area contributed by atoms with Crippen molar-refractivity contribution in [1.82, 2.24) is 5.32 Å². The fraction of sp³-hybridized carbons (Fsp3) is 0.909. The normalized spacial score (nSPS) is 13.6. The van der Waals surface area contributed by atoms with Crippen LogP contribution in [0.25, 0.3) is 0 Å². The van der Waals surface area contributed by atoms with Crippen LogP contribution in [0.4, 0.5) is 4.79 Å². The molecule has 0 aromatic heterocycles. The number of alkyl carbamates (subject to hydrolysis) is 1. The van der Waals surface area contributed by atoms with Gasteiger partial charge in [0.05, 0.1) is 0 Å². The SMILES string of the molecule is COC(CC(CN)NC(=O)OC(C)(C)C)OC. The molecule has 17 heavy (non-hydrogen) atoms. The molecule has 102 valence electrons. The Balaban J connectivity index is 4.16. The van der Waals surface area contributed by atoms with Gasteiger partial charge in [0.15, 0.2) is 6.29 Å². The molecule has 0 rings (SSSR count). The van der Waals surface area contributed by atoms with Gasteiger partial charge in [-0.05, 0) is 20.8 Å². The summed E-state index contributed by atoms with van der Waals surface area (Å²) >= 11 is 0. The molecule has 6 nitrogen and oxygen atoms in total. The third-order valence-corrected chi connectivity index (χ3v) is 2.01. The molecule has 3 N–H and O–H groups in total. The van der Waals surface area contributed by atoms with Crippen molar-refractivity contribution in [3.8, 4) is 0 Å². The summed E-state index contributed by atoms with van der Waals surface area (Å²) in [5.41, 5.74) is 5.04. The molecule has 0 radical (unpaired) electrons. The molecular weight excluding hydrogens is 224 g/mol. The lowest BCUT2D eigenvalue weighted by Crippen LogP contribution is -2.45. The minimum Gasteiger partial charge on any atom is -0.444 e. The van der Waals surface area contributed by atoms with E-state index in [1.165, 1.54) is 14.2 Å². The van der Waals surface area contributed by atoms with Crippen LogP contribution in [0.15, 0.2) is 0 Å². The summed E-state index contributed by atoms with van der Waals surface area (Å²) in [7, 11) is 3.07. The largest absolute Gasteiger partial charge is 0.444 e. The molecule has 0 aliphatic carbocycles. The molecule has 0 saturated heterocycles. The minimum absolute atomic E-state index is 0.241. The molecule has 0 bridgehead atoms. The summed E-state index contributed by atoms with van der Waals surface area (Å²) in [6.07, 6.45) is -0.402. The number of nitrogens with one attached hydrogen (secondary N) is 1. The molecule has 0 spiro atoms. The number of carbonyl (C=O) groups is 1. The lowest BCUT2D eigenvalue weighted by atomic mass is 10.2. The Kier molecular flexibility index (Phi) is 7.10. The zero-order valence-corrected chi connectivity index (χ0v) is 11.3. The minimum atomic E-state index is -0.523. The van der Waals surface area contributed by atoms with Crippen LogP contribution in [0.5, 0.6) is 0 Å². The number of nitrogens with two attached hydrogens (primary N) is 1. The Morgan fingerprint density at radius 2 is 1.82 bits per heavy atom. The average molecular weight is 248 g/mol. The van der Waals surface area contributed by atoms with Gasteiger partial charge in [0.2, 0.25) is 0 Å². The second kappa shape index (κ2) is 7.47. The van der Waals surface area contributed by atoms with Crippen LogP contribution >= 0.6 is 0 Å². The van der Waals surface area contributed by atoms with Crippen molar-refractivity contribution in [2.24, 2.45) is 5.73 Å². The van der Waals surface area contributed by atoms with E-state index in [-0.39, 0.29) is 6.04 Å². The highest BCUT2D eigenvalue weighted by atomic mass is 16.7. The van der Waals surface area contributed by atoms with Gasteiger partial charge in [-0.3, -0.25) is 0 Å². The summed E-state index contributed by atoms with van der Waals surface area (Å²) < 4.78 is 15.2. The summed E-state index contributed by atoms with van der Waals surface area (Å²) in [6.45, 7) is 5.70. The van der Waals surface area contributed by atoms with Gasteiger partial charge in [0.1, 0.15) is 5.60 Å². The van der Waals surface area contributed by atoms with E-state index < -0.39 is 18.0 Å². The molecule has 0 saturated carbocycles. The highest BCUT2D eigenvalue weighted by molar-refractivity contribution is 5.68. The molecular formula is C11H24N2O4. The number of amides is 1. The maximum Gasteiger partial charge on any atom is 0.407 e. The van der Waals surface area contributed by atoms with Gasteiger partial charge >= 0.3 is 6.09 Å². The summed E-state index contributed by atoms with van der Waals surface area (Å²) in [4.78, 5) is 11.5. The van der Waals surface area contributed by atoms with Crippen molar-refractivity contribution >= 4 is 6.09 Å². The van der Waals surface area contributed by atoms with E-state index >= 15 is 0 Å². The summed E-state index contributed by atoms with van der Waals surface area (Å²) in [5.74, 6) is 0. The molecule has 0 fully saturated rings. The average Bonchev–Trinajstić information content (AvgIpc) is 2.21. The van der Waals surface area contributed by atoms with Gasteiger partial charge in [-0.2, -0.15) is 0 Å². The fourth-order valence-corrected chi connectivity index (χ4v) is 1.21. The first kappa shape index (κ1) is 16.1. The molecule has 0 aliphatic heterocycles. The molecule has 1 unspecified atom stereocenters. The number of rotatable bonds is 6. The van der Waals surface area contributed by atoms with Gasteiger partial charge in [-0.25, -0.2) is 4.79 Å². The fourth-order valence-electron chi connectivity index (χ4n) is 1.21. The van der Waals surface area contributed by atoms with Gasteiger partial charge in [0.25, 0.3) is 0 Å². The first-order chi connectivity index (χ1) is 7.82. The third-order valence-electron chi connectivity index (χ3n) is 2.01. The topological polar surface area (TPSA) is 82.8 Å². The number of carbonyl (C=O) groups excluding carboxylic acids is 1. The third kappa shape index (κ3) is 7.95. The first-order valence-electron chi connectivity index (χ1n) is 5.57. The molecule has 0 aliphatic rings. The second-order valence-electron chi connectivity index (χ2n) is 4.72. The van der Waals surface area contributed by atoms with Crippen LogP contribution in [0, 0.1) is 0 Å². The maximum absolute atomic E-state index is 11.5. The molecule has 0 aromatic rings. The van der Waals surface area contributed by atoms with Crippen LogP contribution in [-0.4, -0.2) is 44.8 Å². The van der Waals surface area contributed by atoms with Crippen molar-refractivity contribution in [2.45, 2.75) is 45.1 Å². The van der Waals surface area contributed by atoms with E-state index in [9.17, 15) is 4.79 Å². The standard InChI is InChI=1S/C11H24N2O4/c1-11(2,3)17-10(14)13-8(7-12)6-9(15-4)16-5/h8-9H,6-7,12H2,1-5H3,(H,13,14). The van der Waals surface area contributed by atoms with Crippen LogP contribution in [-0.2, 0) is 14.2 Å². The van der Waals surface area contributed by atoms with Crippen LogP contribution < -0.4 is 11.1 Å². The number of hydrogen-bond donors (Lipinski definition) is 2. The molecule has 1 atom stereocenters. The predicted molar refractivity (Wildman–Crippen MR) is 64.6 cm³/mol. The maximum atomic E-state index is 11.5. The quantitative estimate of drug-likeness (QED) is 0.681. The molecule has 0 heterocycles. The molecule has 1 amide bonds. The highest BCUT2D eigenvalue weighted by Gasteiger charge is 2.21. The summed E-state index contributed by atoms with van der Waals surface area (Å²) in [6, 6.07) is -0.241. The Hall–Kier alpha value is -0.850. The van der Waals surface area contributed by atoms with E-state index in [4.69, 9.17) is 19.9 Å². The van der Waals surface area contributed by atoms with Crippen molar-refractivity contribution < 1.29 is 19.0 Å². The van der Waals surface area contributed by atoms with E-state index in [1.807, 2.05) is 0 Å². The first-order valence-corrected chi connectivity index (χ1v) is 5.57. The Morgan fingerprint density at radius 3 is 2.18 bits per heavy atom. The smallest absolute Gasteiger partial charge is 0.407 e.